The van der Waals surface area contributed by atoms with E-state index in [0.29, 0.717) is 16.3 Å². The van der Waals surface area contributed by atoms with Gasteiger partial charge in [-0.3, -0.25) is 14.4 Å². The Morgan fingerprint density at radius 1 is 0.878 bits per heavy atom. The zero-order chi connectivity index (χ0) is 28.5. The normalized spacial score (nSPS) is 23.9. The molecule has 3 aliphatic carbocycles. The summed E-state index contributed by atoms with van der Waals surface area (Å²) in [7, 11) is 0. The maximum absolute atomic E-state index is 14.4. The molecule has 41 heavy (non-hydrogen) atoms. The van der Waals surface area contributed by atoms with Crippen molar-refractivity contribution in [1.82, 2.24) is 5.43 Å². The molecule has 4 aliphatic rings. The van der Waals surface area contributed by atoms with Gasteiger partial charge in [-0.2, -0.15) is 5.10 Å². The molecule has 1 heterocycles. The Hall–Kier alpha value is -4.26. The Morgan fingerprint density at radius 2 is 1.56 bits per heavy atom. The first-order valence-electron chi connectivity index (χ1n) is 13.3. The van der Waals surface area contributed by atoms with Gasteiger partial charge in [0.25, 0.3) is 5.91 Å². The van der Waals surface area contributed by atoms with Crippen LogP contribution in [-0.2, 0) is 15.0 Å². The Bertz CT molecular complexity index is 1770. The van der Waals surface area contributed by atoms with Crippen LogP contribution in [0.3, 0.4) is 0 Å². The highest BCUT2D eigenvalue weighted by Crippen LogP contribution is 2.63. The molecule has 2 atom stereocenters. The van der Waals surface area contributed by atoms with Gasteiger partial charge in [-0.25, -0.2) is 10.3 Å². The van der Waals surface area contributed by atoms with Crippen molar-refractivity contribution in [3.8, 4) is 0 Å². The number of nitrogens with one attached hydrogen (secondary N) is 1. The van der Waals surface area contributed by atoms with Crippen LogP contribution in [0.1, 0.15) is 44.1 Å². The number of amides is 3. The average Bonchev–Trinajstić information content (AvgIpc) is 3.24. The largest absolute Gasteiger partial charge is 0.274 e. The van der Waals surface area contributed by atoms with Crippen LogP contribution >= 0.6 is 23.2 Å². The summed E-state index contributed by atoms with van der Waals surface area (Å²) in [6.07, 6.45) is 1.64. The van der Waals surface area contributed by atoms with Gasteiger partial charge in [-0.05, 0) is 59.5 Å². The summed E-state index contributed by atoms with van der Waals surface area (Å²) < 4.78 is 0. The van der Waals surface area contributed by atoms with E-state index in [-0.39, 0.29) is 28.7 Å². The first-order chi connectivity index (χ1) is 19.8. The van der Waals surface area contributed by atoms with E-state index in [1.807, 2.05) is 67.6 Å². The summed E-state index contributed by atoms with van der Waals surface area (Å²) in [5.41, 5.74) is 7.00. The summed E-state index contributed by atoms with van der Waals surface area (Å²) >= 11 is 12.7. The number of aryl methyl sites for hydroxylation is 1. The molecule has 0 radical (unpaired) electrons. The number of benzene rings is 4. The van der Waals surface area contributed by atoms with Gasteiger partial charge in [0.15, 0.2) is 0 Å². The second kappa shape index (κ2) is 9.40. The molecular weight excluding hydrogens is 557 g/mol. The van der Waals surface area contributed by atoms with Crippen molar-refractivity contribution in [2.45, 2.75) is 18.3 Å². The lowest BCUT2D eigenvalue weighted by atomic mass is 9.47. The fraction of sp³-hybridized carbons (Fsp3) is 0.152. The summed E-state index contributed by atoms with van der Waals surface area (Å²) in [6, 6.07) is 27.7. The van der Waals surface area contributed by atoms with Crippen LogP contribution in [0.5, 0.6) is 0 Å². The van der Waals surface area contributed by atoms with Crippen molar-refractivity contribution in [2.24, 2.45) is 16.9 Å². The highest BCUT2D eigenvalue weighted by atomic mass is 35.5. The molecule has 2 bridgehead atoms. The molecular formula is C33H23Cl2N3O3. The smallest absolute Gasteiger partial charge is 0.271 e. The van der Waals surface area contributed by atoms with Crippen molar-refractivity contribution in [2.75, 3.05) is 4.90 Å². The summed E-state index contributed by atoms with van der Waals surface area (Å²) in [5.74, 6) is -2.85. The van der Waals surface area contributed by atoms with E-state index < -0.39 is 17.3 Å². The van der Waals surface area contributed by atoms with Gasteiger partial charge >= 0.3 is 0 Å². The summed E-state index contributed by atoms with van der Waals surface area (Å²) in [5, 5.41) is 5.08. The topological polar surface area (TPSA) is 78.8 Å². The standard InChI is InChI=1S/C33H23Cl2N3O3/c1-18-7-6-8-19(15-18)30(39)37-36-17-33-23-11-4-2-9-21(23)27(22-10-3-5-12-24(22)33)28-29(33)32(41)38(31(28)40)26-14-13-20(34)16-25(26)35/h2-17,27-29H,1H3,(H,37,39)/b36-17+/t27?,28-,29+,33?/m0/s1. The lowest BCUT2D eigenvalue weighted by Gasteiger charge is -2.52. The van der Waals surface area contributed by atoms with Gasteiger partial charge in [0.2, 0.25) is 11.8 Å². The number of carbonyl (C=O) groups excluding carboxylic acids is 3. The van der Waals surface area contributed by atoms with Crippen molar-refractivity contribution in [3.05, 3.63) is 134 Å². The first kappa shape index (κ1) is 25.7. The number of hydrogen-bond donors (Lipinski definition) is 1. The number of anilines is 1. The molecule has 0 aromatic heterocycles. The average molecular weight is 580 g/mol. The van der Waals surface area contributed by atoms with E-state index in [9.17, 15) is 14.4 Å². The number of imide groups is 1. The Balaban J connectivity index is 1.41. The first-order valence-corrected chi connectivity index (χ1v) is 14.0. The molecule has 0 saturated carbocycles. The van der Waals surface area contributed by atoms with Crippen molar-refractivity contribution < 1.29 is 14.4 Å². The lowest BCUT2D eigenvalue weighted by molar-refractivity contribution is -0.122. The quantitative estimate of drug-likeness (QED) is 0.176. The van der Waals surface area contributed by atoms with Crippen LogP contribution in [0.2, 0.25) is 10.0 Å². The van der Waals surface area contributed by atoms with Gasteiger partial charge in [0.1, 0.15) is 0 Å². The van der Waals surface area contributed by atoms with Crippen LogP contribution in [0.15, 0.2) is 96.1 Å². The van der Waals surface area contributed by atoms with Crippen molar-refractivity contribution in [3.63, 3.8) is 0 Å². The van der Waals surface area contributed by atoms with Crippen LogP contribution < -0.4 is 10.3 Å². The van der Waals surface area contributed by atoms with Crippen molar-refractivity contribution >= 4 is 52.8 Å². The minimum absolute atomic E-state index is 0.216. The molecule has 3 amide bonds. The van der Waals surface area contributed by atoms with Gasteiger partial charge in [-0.1, -0.05) is 89.4 Å². The zero-order valence-corrected chi connectivity index (χ0v) is 23.4. The number of halogens is 2. The molecule has 1 fully saturated rings. The van der Waals surface area contributed by atoms with E-state index in [1.54, 1.807) is 30.5 Å². The van der Waals surface area contributed by atoms with E-state index in [4.69, 9.17) is 23.2 Å². The Labute approximate surface area is 246 Å². The predicted molar refractivity (Wildman–Crippen MR) is 159 cm³/mol. The van der Waals surface area contributed by atoms with Crippen LogP contribution in [0, 0.1) is 18.8 Å². The molecule has 0 unspecified atom stereocenters. The van der Waals surface area contributed by atoms with Gasteiger partial charge in [0.05, 0.1) is 28.0 Å². The minimum Gasteiger partial charge on any atom is -0.274 e. The number of hydrogen-bond acceptors (Lipinski definition) is 4. The number of rotatable bonds is 4. The maximum atomic E-state index is 14.4. The number of nitrogens with zero attached hydrogens (tertiary/aromatic N) is 2. The van der Waals surface area contributed by atoms with E-state index in [1.165, 1.54) is 11.0 Å². The van der Waals surface area contributed by atoms with Crippen LogP contribution in [0.25, 0.3) is 0 Å². The highest BCUT2D eigenvalue weighted by Gasteiger charge is 2.68. The lowest BCUT2D eigenvalue weighted by Crippen LogP contribution is -2.54. The minimum atomic E-state index is -1.10. The molecule has 8 rings (SSSR count). The second-order valence-electron chi connectivity index (χ2n) is 10.7. The fourth-order valence-electron chi connectivity index (χ4n) is 6.99. The third-order valence-corrected chi connectivity index (χ3v) is 9.09. The fourth-order valence-corrected chi connectivity index (χ4v) is 7.49. The number of hydrazone groups is 1. The number of carbonyl (C=O) groups is 3. The van der Waals surface area contributed by atoms with Gasteiger partial charge < -0.3 is 0 Å². The molecule has 202 valence electrons. The molecule has 6 nitrogen and oxygen atoms in total. The molecule has 1 aliphatic heterocycles. The monoisotopic (exact) mass is 579 g/mol. The van der Waals surface area contributed by atoms with Crippen LogP contribution in [0.4, 0.5) is 5.69 Å². The predicted octanol–water partition coefficient (Wildman–Crippen LogP) is 6.27. The van der Waals surface area contributed by atoms with Crippen LogP contribution in [-0.4, -0.2) is 23.9 Å². The molecule has 1 N–H and O–H groups in total. The zero-order valence-electron chi connectivity index (χ0n) is 21.8. The maximum Gasteiger partial charge on any atom is 0.271 e. The third kappa shape index (κ3) is 3.64. The summed E-state index contributed by atoms with van der Waals surface area (Å²) in [4.78, 5) is 42.9. The second-order valence-corrected chi connectivity index (χ2v) is 11.5. The summed E-state index contributed by atoms with van der Waals surface area (Å²) in [6.45, 7) is 1.91. The van der Waals surface area contributed by atoms with Gasteiger partial charge in [-0.15, -0.1) is 0 Å². The van der Waals surface area contributed by atoms with Gasteiger partial charge in [0, 0.05) is 22.7 Å². The molecule has 4 aromatic rings. The van der Waals surface area contributed by atoms with E-state index in [0.717, 1.165) is 27.8 Å². The van der Waals surface area contributed by atoms with E-state index >= 15 is 0 Å². The molecule has 8 heteroatoms. The Morgan fingerprint density at radius 3 is 2.22 bits per heavy atom. The molecule has 0 spiro atoms. The van der Waals surface area contributed by atoms with E-state index in [2.05, 4.69) is 10.5 Å². The molecule has 4 aromatic carbocycles. The van der Waals surface area contributed by atoms with Crippen molar-refractivity contribution in [1.29, 1.82) is 0 Å². The Kier molecular flexibility index (Phi) is 5.89. The molecule has 1 saturated heterocycles. The highest BCUT2D eigenvalue weighted by molar-refractivity contribution is 6.38. The SMILES string of the molecule is Cc1cccc(C(=O)N/N=C/C23c4ccccc4C(c4ccccc42)[C@@H]2C(=O)N(c4ccc(Cl)cc4Cl)C(=O)[C@@H]23)c1. The third-order valence-electron chi connectivity index (χ3n) is 8.55.